The normalized spacial score (nSPS) is 12.1. The SMILES string of the molecule is CCN(CC)CCOc1cc2c3cc(OCCN(CC)CC)c(OCCN(CC)CC)cc3c3cc(OCCN(CC)CC)c(OCCN(CC)CC)cc3c2cc1OCCN(CC)CC. The van der Waals surface area contributed by atoms with Crippen LogP contribution in [0.2, 0.25) is 0 Å². The van der Waals surface area contributed by atoms with E-state index in [0.29, 0.717) is 39.6 Å². The summed E-state index contributed by atoms with van der Waals surface area (Å²) in [4.78, 5) is 14.3. The number of fused-ring (bicyclic) bond motifs is 6. The summed E-state index contributed by atoms with van der Waals surface area (Å²) in [6, 6.07) is 13.2. The van der Waals surface area contributed by atoms with Crippen molar-refractivity contribution in [3.05, 3.63) is 36.4 Å². The largest absolute Gasteiger partial charge is 0.488 e. The van der Waals surface area contributed by atoms with Crippen molar-refractivity contribution in [3.63, 3.8) is 0 Å². The van der Waals surface area contributed by atoms with Crippen molar-refractivity contribution < 1.29 is 28.4 Å². The maximum atomic E-state index is 6.74. The number of ether oxygens (including phenoxy) is 6. The molecule has 0 radical (unpaired) electrons. The van der Waals surface area contributed by atoms with Crippen LogP contribution in [0.25, 0.3) is 32.3 Å². The maximum Gasteiger partial charge on any atom is 0.161 e. The Morgan fingerprint density at radius 3 is 0.455 bits per heavy atom. The summed E-state index contributed by atoms with van der Waals surface area (Å²) in [7, 11) is 0. The number of likely N-dealkylation sites (N-methyl/N-ethyl adjacent to an activating group) is 6. The average Bonchev–Trinajstić information content (AvgIpc) is 3.35. The van der Waals surface area contributed by atoms with Gasteiger partial charge in [0.1, 0.15) is 39.6 Å². The molecule has 372 valence electrons. The van der Waals surface area contributed by atoms with E-state index in [1.807, 2.05) is 0 Å². The van der Waals surface area contributed by atoms with Gasteiger partial charge in [-0.3, -0.25) is 0 Å². The zero-order chi connectivity index (χ0) is 47.8. The lowest BCUT2D eigenvalue weighted by Gasteiger charge is -2.24. The Labute approximate surface area is 400 Å². The van der Waals surface area contributed by atoms with Crippen LogP contribution in [0.5, 0.6) is 34.5 Å². The van der Waals surface area contributed by atoms with E-state index in [-0.39, 0.29) is 0 Å². The summed E-state index contributed by atoms with van der Waals surface area (Å²) in [5, 5.41) is 6.33. The first kappa shape index (κ1) is 54.8. The Bertz CT molecular complexity index is 1580. The van der Waals surface area contributed by atoms with Crippen molar-refractivity contribution in [3.8, 4) is 34.5 Å². The molecule has 0 bridgehead atoms. The first-order valence-corrected chi connectivity index (χ1v) is 25.8. The molecule has 0 saturated heterocycles. The predicted octanol–water partition coefficient (Wildman–Crippen LogP) is 9.47. The van der Waals surface area contributed by atoms with Gasteiger partial charge in [-0.05, 0) is 147 Å². The summed E-state index contributed by atoms with van der Waals surface area (Å²) in [6.07, 6.45) is 0. The summed E-state index contributed by atoms with van der Waals surface area (Å²) in [6.45, 7) is 46.3. The summed E-state index contributed by atoms with van der Waals surface area (Å²) in [5.41, 5.74) is 0. The van der Waals surface area contributed by atoms with Crippen LogP contribution in [-0.2, 0) is 0 Å². The van der Waals surface area contributed by atoms with E-state index in [1.165, 1.54) is 0 Å². The second kappa shape index (κ2) is 29.9. The second-order valence-corrected chi connectivity index (χ2v) is 16.8. The van der Waals surface area contributed by atoms with E-state index in [0.717, 1.165) is 185 Å². The summed E-state index contributed by atoms with van der Waals surface area (Å²) < 4.78 is 40.4. The fourth-order valence-corrected chi connectivity index (χ4v) is 8.64. The molecule has 0 fully saturated rings. The molecule has 0 N–H and O–H groups in total. The van der Waals surface area contributed by atoms with Crippen molar-refractivity contribution in [2.45, 2.75) is 83.1 Å². The molecular formula is C54H90N6O6. The van der Waals surface area contributed by atoms with Crippen LogP contribution in [0.4, 0.5) is 0 Å². The first-order chi connectivity index (χ1) is 32.2. The van der Waals surface area contributed by atoms with E-state index >= 15 is 0 Å². The molecule has 66 heavy (non-hydrogen) atoms. The van der Waals surface area contributed by atoms with Gasteiger partial charge in [-0.25, -0.2) is 0 Å². The molecule has 0 spiro atoms. The van der Waals surface area contributed by atoms with Gasteiger partial charge >= 0.3 is 0 Å². The van der Waals surface area contributed by atoms with Gasteiger partial charge < -0.3 is 57.8 Å². The molecule has 0 saturated carbocycles. The van der Waals surface area contributed by atoms with Gasteiger partial charge in [0.05, 0.1) is 0 Å². The third kappa shape index (κ3) is 15.6. The molecule has 0 unspecified atom stereocenters. The van der Waals surface area contributed by atoms with E-state index in [1.54, 1.807) is 0 Å². The predicted molar refractivity (Wildman–Crippen MR) is 279 cm³/mol. The minimum absolute atomic E-state index is 0.550. The van der Waals surface area contributed by atoms with Gasteiger partial charge in [0.25, 0.3) is 0 Å². The Morgan fingerprint density at radius 2 is 0.348 bits per heavy atom. The van der Waals surface area contributed by atoms with Gasteiger partial charge in [-0.1, -0.05) is 83.1 Å². The fraction of sp³-hybridized carbons (Fsp3) is 0.667. The van der Waals surface area contributed by atoms with Crippen molar-refractivity contribution in [2.75, 3.05) is 157 Å². The molecular weight excluding hydrogens is 829 g/mol. The first-order valence-electron chi connectivity index (χ1n) is 25.8. The molecule has 0 aromatic heterocycles. The highest BCUT2D eigenvalue weighted by atomic mass is 16.5. The number of rotatable bonds is 36. The molecule has 4 aromatic carbocycles. The zero-order valence-corrected chi connectivity index (χ0v) is 43.6. The Morgan fingerprint density at radius 1 is 0.227 bits per heavy atom. The van der Waals surface area contributed by atoms with Crippen LogP contribution in [-0.4, -0.2) is 187 Å². The van der Waals surface area contributed by atoms with Gasteiger partial charge in [0, 0.05) is 39.3 Å². The summed E-state index contributed by atoms with van der Waals surface area (Å²) in [5.74, 6) is 4.45. The molecule has 0 aliphatic rings. The van der Waals surface area contributed by atoms with Crippen LogP contribution < -0.4 is 28.4 Å². The molecule has 0 aliphatic heterocycles. The maximum absolute atomic E-state index is 6.74. The zero-order valence-electron chi connectivity index (χ0n) is 43.6. The molecule has 4 aromatic rings. The third-order valence-corrected chi connectivity index (χ3v) is 13.5. The van der Waals surface area contributed by atoms with E-state index in [4.69, 9.17) is 28.4 Å². The Balaban J connectivity index is 2.05. The van der Waals surface area contributed by atoms with E-state index < -0.39 is 0 Å². The van der Waals surface area contributed by atoms with Gasteiger partial charge in [-0.2, -0.15) is 0 Å². The average molecular weight is 919 g/mol. The number of nitrogens with zero attached hydrogens (tertiary/aromatic N) is 6. The minimum atomic E-state index is 0.550. The number of hydrogen-bond donors (Lipinski definition) is 0. The smallest absolute Gasteiger partial charge is 0.161 e. The highest BCUT2D eigenvalue weighted by Gasteiger charge is 2.21. The van der Waals surface area contributed by atoms with E-state index in [9.17, 15) is 0 Å². The Hall–Kier alpha value is -3.78. The molecule has 0 amide bonds. The number of benzene rings is 4. The van der Waals surface area contributed by atoms with Crippen LogP contribution >= 0.6 is 0 Å². The quantitative estimate of drug-likeness (QED) is 0.0409. The second-order valence-electron chi connectivity index (χ2n) is 16.8. The lowest BCUT2D eigenvalue weighted by Crippen LogP contribution is -2.28. The molecule has 12 heteroatoms. The molecule has 4 rings (SSSR count). The van der Waals surface area contributed by atoms with E-state index in [2.05, 4.69) is 149 Å². The van der Waals surface area contributed by atoms with Crippen molar-refractivity contribution in [1.82, 2.24) is 29.4 Å². The molecule has 0 atom stereocenters. The van der Waals surface area contributed by atoms with Crippen LogP contribution in [0.3, 0.4) is 0 Å². The molecule has 0 aliphatic carbocycles. The highest BCUT2D eigenvalue weighted by Crippen LogP contribution is 2.47. The lowest BCUT2D eigenvalue weighted by molar-refractivity contribution is 0.199. The molecule has 0 heterocycles. The fourth-order valence-electron chi connectivity index (χ4n) is 8.64. The molecule has 12 nitrogen and oxygen atoms in total. The minimum Gasteiger partial charge on any atom is -0.488 e. The van der Waals surface area contributed by atoms with Crippen LogP contribution in [0.1, 0.15) is 83.1 Å². The van der Waals surface area contributed by atoms with Crippen molar-refractivity contribution in [1.29, 1.82) is 0 Å². The van der Waals surface area contributed by atoms with Crippen LogP contribution in [0, 0.1) is 0 Å². The standard InChI is InChI=1S/C54H90N6O6/c1-13-55(14-2)25-31-61-49-37-43-44(38-50(49)62-32-26-56(15-3)16-4)46-40-52(64-34-28-58(19-7)20-8)54(66-36-30-60(23-11)24-12)42-48(46)47-41-53(65-35-29-59(21-9)22-10)51(39-45(43)47)63-33-27-57(17-5)18-6/h37-42H,13-36H2,1-12H3. The summed E-state index contributed by atoms with van der Waals surface area (Å²) >= 11 is 0. The third-order valence-electron chi connectivity index (χ3n) is 13.5. The van der Waals surface area contributed by atoms with Crippen molar-refractivity contribution in [2.24, 2.45) is 0 Å². The topological polar surface area (TPSA) is 74.8 Å². The van der Waals surface area contributed by atoms with Crippen molar-refractivity contribution >= 4 is 32.3 Å². The van der Waals surface area contributed by atoms with Crippen LogP contribution in [0.15, 0.2) is 36.4 Å². The van der Waals surface area contributed by atoms with Gasteiger partial charge in [0.2, 0.25) is 0 Å². The van der Waals surface area contributed by atoms with Gasteiger partial charge in [-0.15, -0.1) is 0 Å². The highest BCUT2D eigenvalue weighted by molar-refractivity contribution is 6.26. The Kier molecular flexibility index (Phi) is 24.8. The monoisotopic (exact) mass is 919 g/mol. The van der Waals surface area contributed by atoms with Gasteiger partial charge in [0.15, 0.2) is 34.5 Å². The lowest BCUT2D eigenvalue weighted by atomic mass is 9.93. The number of hydrogen-bond acceptors (Lipinski definition) is 12.